The van der Waals surface area contributed by atoms with E-state index < -0.39 is 18.5 Å². The van der Waals surface area contributed by atoms with Crippen LogP contribution in [0.1, 0.15) is 10.4 Å². The Morgan fingerprint density at radius 1 is 0.971 bits per heavy atom. The first-order chi connectivity index (χ1) is 17.1. The van der Waals surface area contributed by atoms with E-state index in [-0.39, 0.29) is 0 Å². The minimum absolute atomic E-state index is 0.324. The van der Waals surface area contributed by atoms with Gasteiger partial charge in [-0.25, -0.2) is 14.8 Å². The highest BCUT2D eigenvalue weighted by molar-refractivity contribution is 7.14. The van der Waals surface area contributed by atoms with E-state index in [9.17, 15) is 9.59 Å². The predicted octanol–water partition coefficient (Wildman–Crippen LogP) is 5.16. The lowest BCUT2D eigenvalue weighted by Gasteiger charge is -2.05. The van der Waals surface area contributed by atoms with Gasteiger partial charge in [0.05, 0.1) is 29.4 Å². The average molecular weight is 485 g/mol. The number of anilines is 1. The van der Waals surface area contributed by atoms with Gasteiger partial charge in [0, 0.05) is 16.5 Å². The lowest BCUT2D eigenvalue weighted by molar-refractivity contribution is -0.119. The maximum Gasteiger partial charge on any atom is 0.338 e. The second-order valence-corrected chi connectivity index (χ2v) is 8.43. The van der Waals surface area contributed by atoms with Gasteiger partial charge in [-0.3, -0.25) is 10.1 Å². The lowest BCUT2D eigenvalue weighted by Crippen LogP contribution is -2.20. The number of hydrogen-bond donors (Lipinski definition) is 2. The Bertz CT molecular complexity index is 1490. The first-order valence-electron chi connectivity index (χ1n) is 10.7. The number of methoxy groups -OCH3 is 1. The number of carbonyl (C=O) groups excluding carboxylic acids is 2. The Morgan fingerprint density at radius 3 is 2.54 bits per heavy atom. The van der Waals surface area contributed by atoms with Crippen molar-refractivity contribution in [1.29, 1.82) is 0 Å². The van der Waals surface area contributed by atoms with Crippen LogP contribution in [0.15, 0.2) is 78.2 Å². The van der Waals surface area contributed by atoms with Crippen LogP contribution in [-0.2, 0) is 9.53 Å². The van der Waals surface area contributed by atoms with E-state index in [1.54, 1.807) is 25.3 Å². The number of rotatable bonds is 7. The molecule has 2 N–H and O–H groups in total. The van der Waals surface area contributed by atoms with Gasteiger partial charge >= 0.3 is 5.97 Å². The first-order valence-corrected chi connectivity index (χ1v) is 11.6. The molecule has 2 aromatic heterocycles. The normalized spacial score (nSPS) is 10.8. The zero-order valence-corrected chi connectivity index (χ0v) is 19.5. The van der Waals surface area contributed by atoms with Gasteiger partial charge in [-0.05, 0) is 42.5 Å². The fourth-order valence-corrected chi connectivity index (χ4v) is 4.20. The molecule has 0 saturated heterocycles. The molecule has 3 aromatic carbocycles. The molecule has 0 aliphatic carbocycles. The number of imidazole rings is 1. The van der Waals surface area contributed by atoms with Crippen LogP contribution in [0.5, 0.6) is 5.75 Å². The number of H-pyrrole nitrogens is 1. The number of nitrogens with zero attached hydrogens (tertiary/aromatic N) is 2. The third kappa shape index (κ3) is 5.04. The molecule has 9 heteroatoms. The summed E-state index contributed by atoms with van der Waals surface area (Å²) in [7, 11) is 1.61. The quantitative estimate of drug-likeness (QED) is 0.309. The number of aromatic amines is 1. The van der Waals surface area contributed by atoms with Crippen LogP contribution in [-0.4, -0.2) is 40.5 Å². The Morgan fingerprint density at radius 2 is 1.77 bits per heavy atom. The summed E-state index contributed by atoms with van der Waals surface area (Å²) in [5, 5.41) is 4.92. The lowest BCUT2D eigenvalue weighted by atomic mass is 10.2. The molecule has 0 fully saturated rings. The number of amides is 1. The molecule has 0 aliphatic heterocycles. The zero-order valence-electron chi connectivity index (χ0n) is 18.6. The van der Waals surface area contributed by atoms with Gasteiger partial charge in [0.2, 0.25) is 0 Å². The standard InChI is InChI=1S/C26H20N4O4S/c1-33-19-10-7-16(8-11-19)22-15-35-26(29-22)30-23(31)14-34-25(32)18-9-12-20-21(13-18)28-24(27-20)17-5-3-2-4-6-17/h2-13,15H,14H2,1H3,(H,27,28)(H,29,30,31). The van der Waals surface area contributed by atoms with Crippen LogP contribution < -0.4 is 10.1 Å². The largest absolute Gasteiger partial charge is 0.497 e. The molecular weight excluding hydrogens is 464 g/mol. The first kappa shape index (κ1) is 22.3. The molecule has 0 saturated carbocycles. The summed E-state index contributed by atoms with van der Waals surface area (Å²) in [4.78, 5) is 37.0. The van der Waals surface area contributed by atoms with Crippen LogP contribution in [0.3, 0.4) is 0 Å². The molecule has 0 radical (unpaired) electrons. The fourth-order valence-electron chi connectivity index (χ4n) is 3.46. The Labute approximate surface area is 204 Å². The number of esters is 1. The maximum atomic E-state index is 12.5. The monoisotopic (exact) mass is 484 g/mol. The number of benzene rings is 3. The van der Waals surface area contributed by atoms with Crippen molar-refractivity contribution in [1.82, 2.24) is 15.0 Å². The number of nitrogens with one attached hydrogen (secondary N) is 2. The number of thiazole rings is 1. The summed E-state index contributed by atoms with van der Waals surface area (Å²) in [5.74, 6) is 0.393. The van der Waals surface area contributed by atoms with Crippen LogP contribution in [0.4, 0.5) is 5.13 Å². The van der Waals surface area contributed by atoms with Crippen molar-refractivity contribution in [2.75, 3.05) is 19.0 Å². The summed E-state index contributed by atoms with van der Waals surface area (Å²) in [5.41, 5.74) is 4.34. The minimum Gasteiger partial charge on any atom is -0.497 e. The molecule has 0 bridgehead atoms. The second kappa shape index (κ2) is 9.78. The molecule has 0 unspecified atom stereocenters. The third-order valence-electron chi connectivity index (χ3n) is 5.24. The van der Waals surface area contributed by atoms with E-state index in [1.165, 1.54) is 11.3 Å². The smallest absolute Gasteiger partial charge is 0.338 e. The van der Waals surface area contributed by atoms with E-state index in [1.807, 2.05) is 60.0 Å². The highest BCUT2D eigenvalue weighted by atomic mass is 32.1. The van der Waals surface area contributed by atoms with Gasteiger partial charge in [-0.1, -0.05) is 30.3 Å². The molecule has 0 aliphatic rings. The summed E-state index contributed by atoms with van der Waals surface area (Å²) in [6, 6.07) is 22.2. The van der Waals surface area contributed by atoms with Gasteiger partial charge in [0.1, 0.15) is 11.6 Å². The van der Waals surface area contributed by atoms with Crippen molar-refractivity contribution in [2.45, 2.75) is 0 Å². The summed E-state index contributed by atoms with van der Waals surface area (Å²) in [6.07, 6.45) is 0. The molecule has 174 valence electrons. The Hall–Kier alpha value is -4.50. The van der Waals surface area contributed by atoms with Crippen molar-refractivity contribution in [2.24, 2.45) is 0 Å². The number of fused-ring (bicyclic) bond motifs is 1. The predicted molar refractivity (Wildman–Crippen MR) is 135 cm³/mol. The Balaban J connectivity index is 1.19. The van der Waals surface area contributed by atoms with E-state index in [0.29, 0.717) is 22.0 Å². The highest BCUT2D eigenvalue weighted by Crippen LogP contribution is 2.26. The number of carbonyl (C=O) groups is 2. The van der Waals surface area contributed by atoms with Crippen molar-refractivity contribution < 1.29 is 19.1 Å². The summed E-state index contributed by atoms with van der Waals surface area (Å²) in [6.45, 7) is -0.424. The van der Waals surface area contributed by atoms with E-state index in [2.05, 4.69) is 20.3 Å². The molecule has 2 heterocycles. The van der Waals surface area contributed by atoms with Crippen molar-refractivity contribution >= 4 is 39.4 Å². The van der Waals surface area contributed by atoms with E-state index >= 15 is 0 Å². The zero-order chi connectivity index (χ0) is 24.2. The average Bonchev–Trinajstić information content (AvgIpc) is 3.54. The van der Waals surface area contributed by atoms with E-state index in [0.717, 1.165) is 28.1 Å². The summed E-state index contributed by atoms with van der Waals surface area (Å²) >= 11 is 1.29. The molecule has 5 rings (SSSR count). The summed E-state index contributed by atoms with van der Waals surface area (Å²) < 4.78 is 10.4. The number of hydrogen-bond acceptors (Lipinski definition) is 7. The van der Waals surface area contributed by atoms with Gasteiger partial charge < -0.3 is 14.5 Å². The SMILES string of the molecule is COc1ccc(-c2csc(NC(=O)COC(=O)c3ccc4nc(-c5ccccc5)[nH]c4c3)n2)cc1. The number of ether oxygens (including phenoxy) is 2. The van der Waals surface area contributed by atoms with Crippen molar-refractivity contribution in [3.63, 3.8) is 0 Å². The molecule has 0 atom stereocenters. The molecule has 35 heavy (non-hydrogen) atoms. The van der Waals surface area contributed by atoms with Crippen LogP contribution in [0.2, 0.25) is 0 Å². The van der Waals surface area contributed by atoms with Crippen LogP contribution in [0, 0.1) is 0 Å². The molecule has 0 spiro atoms. The van der Waals surface area contributed by atoms with Gasteiger partial charge in [0.25, 0.3) is 5.91 Å². The van der Waals surface area contributed by atoms with Gasteiger partial charge in [0.15, 0.2) is 11.7 Å². The van der Waals surface area contributed by atoms with Crippen LogP contribution in [0.25, 0.3) is 33.7 Å². The minimum atomic E-state index is -0.601. The van der Waals surface area contributed by atoms with E-state index in [4.69, 9.17) is 9.47 Å². The fraction of sp³-hybridized carbons (Fsp3) is 0.0769. The molecule has 8 nitrogen and oxygen atoms in total. The van der Waals surface area contributed by atoms with Crippen LogP contribution >= 0.6 is 11.3 Å². The van der Waals surface area contributed by atoms with Crippen molar-refractivity contribution in [3.05, 3.63) is 83.7 Å². The molecule has 1 amide bonds. The topological polar surface area (TPSA) is 106 Å². The Kier molecular flexibility index (Phi) is 6.23. The third-order valence-corrected chi connectivity index (χ3v) is 5.99. The molecular formula is C26H20N4O4S. The van der Waals surface area contributed by atoms with Gasteiger partial charge in [-0.15, -0.1) is 11.3 Å². The number of aromatic nitrogens is 3. The highest BCUT2D eigenvalue weighted by Gasteiger charge is 2.14. The maximum absolute atomic E-state index is 12.5. The molecule has 5 aromatic rings. The van der Waals surface area contributed by atoms with Gasteiger partial charge in [-0.2, -0.15) is 0 Å². The second-order valence-electron chi connectivity index (χ2n) is 7.57. The van der Waals surface area contributed by atoms with Crippen molar-refractivity contribution in [3.8, 4) is 28.4 Å².